The Kier molecular flexibility index (Phi) is 2.57. The summed E-state index contributed by atoms with van der Waals surface area (Å²) < 4.78 is 1.77. The smallest absolute Gasteiger partial charge is 0.163 e. The van der Waals surface area contributed by atoms with Crippen molar-refractivity contribution in [3.8, 4) is 11.1 Å². The number of nitrogens with zero attached hydrogens (tertiary/aromatic N) is 3. The first-order valence-corrected chi connectivity index (χ1v) is 5.80. The van der Waals surface area contributed by atoms with Crippen molar-refractivity contribution in [1.82, 2.24) is 14.6 Å². The summed E-state index contributed by atoms with van der Waals surface area (Å²) in [7, 11) is 0. The highest BCUT2D eigenvalue weighted by Gasteiger charge is 2.12. The van der Waals surface area contributed by atoms with Crippen molar-refractivity contribution in [1.29, 1.82) is 0 Å². The van der Waals surface area contributed by atoms with E-state index in [1.54, 1.807) is 10.7 Å². The van der Waals surface area contributed by atoms with Gasteiger partial charge in [-0.15, -0.1) is 0 Å². The molecule has 0 aliphatic heterocycles. The van der Waals surface area contributed by atoms with Crippen molar-refractivity contribution in [3.05, 3.63) is 54.0 Å². The second-order valence-corrected chi connectivity index (χ2v) is 4.21. The van der Waals surface area contributed by atoms with Crippen molar-refractivity contribution in [2.45, 2.75) is 13.5 Å². The van der Waals surface area contributed by atoms with Crippen LogP contribution in [0.25, 0.3) is 16.8 Å². The Labute approximate surface area is 105 Å². The van der Waals surface area contributed by atoms with Crippen LogP contribution in [0.15, 0.2) is 42.7 Å². The maximum atomic E-state index is 9.21. The summed E-state index contributed by atoms with van der Waals surface area (Å²) in [4.78, 5) is 4.37. The molecule has 0 aliphatic rings. The fourth-order valence-electron chi connectivity index (χ4n) is 2.16. The van der Waals surface area contributed by atoms with E-state index in [1.807, 2.05) is 43.5 Å². The van der Waals surface area contributed by atoms with Crippen molar-refractivity contribution in [3.63, 3.8) is 0 Å². The van der Waals surface area contributed by atoms with Crippen LogP contribution in [0.2, 0.25) is 0 Å². The van der Waals surface area contributed by atoms with Gasteiger partial charge in [-0.2, -0.15) is 5.10 Å². The lowest BCUT2D eigenvalue weighted by Gasteiger charge is -2.02. The molecule has 1 N–H and O–H groups in total. The molecule has 4 nitrogen and oxygen atoms in total. The number of rotatable bonds is 2. The van der Waals surface area contributed by atoms with Gasteiger partial charge in [-0.05, 0) is 30.2 Å². The average Bonchev–Trinajstić information content (AvgIpc) is 2.74. The highest BCUT2D eigenvalue weighted by molar-refractivity contribution is 5.79. The molecule has 0 saturated carbocycles. The normalized spacial score (nSPS) is 11.0. The third-order valence-corrected chi connectivity index (χ3v) is 2.97. The van der Waals surface area contributed by atoms with Gasteiger partial charge in [0.2, 0.25) is 0 Å². The molecule has 0 radical (unpaired) electrons. The summed E-state index contributed by atoms with van der Waals surface area (Å²) in [6, 6.07) is 9.68. The molecule has 1 aromatic carbocycles. The Hall–Kier alpha value is -2.20. The largest absolute Gasteiger partial charge is 0.392 e. The first kappa shape index (κ1) is 10.9. The molecule has 0 unspecified atom stereocenters. The highest BCUT2D eigenvalue weighted by Crippen LogP contribution is 2.27. The summed E-state index contributed by atoms with van der Waals surface area (Å²) in [6.07, 6.45) is 3.64. The molecule has 2 heterocycles. The van der Waals surface area contributed by atoms with Gasteiger partial charge in [0.25, 0.3) is 0 Å². The number of fused-ring (bicyclic) bond motifs is 1. The molecule has 0 aliphatic carbocycles. The summed E-state index contributed by atoms with van der Waals surface area (Å²) in [6.45, 7) is 2.01. The fraction of sp³-hybridized carbons (Fsp3) is 0.143. The van der Waals surface area contributed by atoms with Gasteiger partial charge in [-0.3, -0.25) is 0 Å². The Bertz CT molecular complexity index is 703. The van der Waals surface area contributed by atoms with E-state index < -0.39 is 0 Å². The zero-order valence-electron chi connectivity index (χ0n) is 10.0. The molecular formula is C14H13N3O. The van der Waals surface area contributed by atoms with E-state index >= 15 is 0 Å². The zero-order valence-corrected chi connectivity index (χ0v) is 10.0. The van der Waals surface area contributed by atoms with Crippen LogP contribution in [0.4, 0.5) is 0 Å². The van der Waals surface area contributed by atoms with Crippen LogP contribution in [0.5, 0.6) is 0 Å². The summed E-state index contributed by atoms with van der Waals surface area (Å²) >= 11 is 0. The second-order valence-electron chi connectivity index (χ2n) is 4.21. The molecule has 0 atom stereocenters. The van der Waals surface area contributed by atoms with Crippen molar-refractivity contribution < 1.29 is 5.11 Å². The quantitative estimate of drug-likeness (QED) is 0.745. The predicted molar refractivity (Wildman–Crippen MR) is 69.1 cm³/mol. The van der Waals surface area contributed by atoms with Crippen molar-refractivity contribution in [2.24, 2.45) is 0 Å². The molecule has 0 fully saturated rings. The van der Waals surface area contributed by atoms with Gasteiger partial charge in [0.1, 0.15) is 0 Å². The Balaban J connectivity index is 2.27. The molecule has 3 aromatic rings. The van der Waals surface area contributed by atoms with Gasteiger partial charge in [-0.1, -0.05) is 18.2 Å². The molecule has 3 rings (SSSR count). The number of hydrogen-bond acceptors (Lipinski definition) is 3. The molecule has 0 saturated heterocycles. The molecular weight excluding hydrogens is 226 g/mol. The van der Waals surface area contributed by atoms with Gasteiger partial charge in [0.15, 0.2) is 5.65 Å². The third-order valence-electron chi connectivity index (χ3n) is 2.97. The van der Waals surface area contributed by atoms with Crippen molar-refractivity contribution >= 4 is 5.65 Å². The lowest BCUT2D eigenvalue weighted by molar-refractivity contribution is 0.282. The first-order chi connectivity index (χ1) is 8.79. The zero-order chi connectivity index (χ0) is 12.5. The number of benzene rings is 1. The first-order valence-electron chi connectivity index (χ1n) is 5.80. The van der Waals surface area contributed by atoms with E-state index in [0.29, 0.717) is 0 Å². The second kappa shape index (κ2) is 4.23. The minimum atomic E-state index is 0.0412. The van der Waals surface area contributed by atoms with Crippen LogP contribution >= 0.6 is 0 Å². The van der Waals surface area contributed by atoms with Crippen LogP contribution in [-0.2, 0) is 6.61 Å². The lowest BCUT2D eigenvalue weighted by atomic mass is 10.0. The van der Waals surface area contributed by atoms with Gasteiger partial charge in [-0.25, -0.2) is 9.50 Å². The van der Waals surface area contributed by atoms with E-state index in [9.17, 15) is 5.11 Å². The predicted octanol–water partition coefficient (Wildman–Crippen LogP) is 2.20. The average molecular weight is 239 g/mol. The fourth-order valence-corrected chi connectivity index (χ4v) is 2.16. The van der Waals surface area contributed by atoms with E-state index in [0.717, 1.165) is 28.0 Å². The Morgan fingerprint density at radius 1 is 1.28 bits per heavy atom. The van der Waals surface area contributed by atoms with Crippen molar-refractivity contribution in [2.75, 3.05) is 0 Å². The molecule has 18 heavy (non-hydrogen) atoms. The van der Waals surface area contributed by atoms with Crippen LogP contribution < -0.4 is 0 Å². The number of aromatic nitrogens is 3. The minimum absolute atomic E-state index is 0.0412. The maximum absolute atomic E-state index is 9.21. The number of aliphatic hydroxyl groups is 1. The minimum Gasteiger partial charge on any atom is -0.392 e. The maximum Gasteiger partial charge on any atom is 0.163 e. The lowest BCUT2D eigenvalue weighted by Crippen LogP contribution is -1.88. The summed E-state index contributed by atoms with van der Waals surface area (Å²) in [5, 5.41) is 13.6. The Morgan fingerprint density at radius 3 is 3.00 bits per heavy atom. The summed E-state index contributed by atoms with van der Waals surface area (Å²) in [5.41, 5.74) is 4.72. The third kappa shape index (κ3) is 1.67. The van der Waals surface area contributed by atoms with Crippen LogP contribution in [0, 0.1) is 6.92 Å². The van der Waals surface area contributed by atoms with Crippen LogP contribution in [0.1, 0.15) is 11.3 Å². The molecule has 2 aromatic heterocycles. The monoisotopic (exact) mass is 239 g/mol. The molecule has 0 spiro atoms. The Morgan fingerprint density at radius 2 is 2.17 bits per heavy atom. The SMILES string of the molecule is Cc1nn2cccnc2c1-c1cccc(CO)c1. The van der Waals surface area contributed by atoms with E-state index in [2.05, 4.69) is 10.1 Å². The molecule has 0 bridgehead atoms. The van der Waals surface area contributed by atoms with Gasteiger partial charge in [0.05, 0.1) is 12.3 Å². The van der Waals surface area contributed by atoms with E-state index in [1.165, 1.54) is 0 Å². The highest BCUT2D eigenvalue weighted by atomic mass is 16.3. The van der Waals surface area contributed by atoms with Crippen LogP contribution in [0.3, 0.4) is 0 Å². The van der Waals surface area contributed by atoms with Crippen LogP contribution in [-0.4, -0.2) is 19.7 Å². The topological polar surface area (TPSA) is 50.4 Å². The number of aliphatic hydroxyl groups excluding tert-OH is 1. The van der Waals surface area contributed by atoms with E-state index in [4.69, 9.17) is 0 Å². The molecule has 90 valence electrons. The molecule has 4 heteroatoms. The summed E-state index contributed by atoms with van der Waals surface area (Å²) in [5.74, 6) is 0. The van der Waals surface area contributed by atoms with Gasteiger partial charge in [0, 0.05) is 18.0 Å². The van der Waals surface area contributed by atoms with Gasteiger partial charge < -0.3 is 5.11 Å². The standard InChI is InChI=1S/C14H13N3O/c1-10-13(12-5-2-4-11(8-12)9-18)14-15-6-3-7-17(14)16-10/h2-8,18H,9H2,1H3. The molecule has 0 amide bonds. The number of aryl methyl sites for hydroxylation is 1. The number of hydrogen-bond donors (Lipinski definition) is 1. The van der Waals surface area contributed by atoms with E-state index in [-0.39, 0.29) is 6.61 Å². The van der Waals surface area contributed by atoms with Gasteiger partial charge >= 0.3 is 0 Å².